The minimum atomic E-state index is -0.0227. The van der Waals surface area contributed by atoms with Crippen LogP contribution in [0.15, 0.2) is 24.4 Å². The van der Waals surface area contributed by atoms with Crippen LogP contribution in [0.25, 0.3) is 10.9 Å². The largest absolute Gasteiger partial charge is 0.350 e. The second kappa shape index (κ2) is 6.61. The van der Waals surface area contributed by atoms with Gasteiger partial charge in [0.25, 0.3) is 5.91 Å². The Morgan fingerprint density at radius 2 is 2.37 bits per heavy atom. The number of amides is 1. The molecule has 1 atom stereocenters. The van der Waals surface area contributed by atoms with E-state index in [1.165, 1.54) is 0 Å². The number of carbonyl (C=O) groups excluding carboxylic acids is 1. The second-order valence-electron chi connectivity index (χ2n) is 4.53. The lowest BCUT2D eigenvalue weighted by atomic mass is 10.1. The third-order valence-electron chi connectivity index (χ3n) is 2.98. The highest BCUT2D eigenvalue weighted by molar-refractivity contribution is 7.99. The maximum Gasteiger partial charge on any atom is 0.251 e. The van der Waals surface area contributed by atoms with Crippen molar-refractivity contribution in [2.24, 2.45) is 0 Å². The quantitative estimate of drug-likeness (QED) is 0.798. The lowest BCUT2D eigenvalue weighted by molar-refractivity contribution is 0.0939. The van der Waals surface area contributed by atoms with Gasteiger partial charge in [-0.05, 0) is 37.0 Å². The van der Waals surface area contributed by atoms with Gasteiger partial charge in [0, 0.05) is 17.0 Å². The highest BCUT2D eigenvalue weighted by Crippen LogP contribution is 2.13. The molecule has 0 fully saturated rings. The molecule has 2 rings (SSSR count). The molecule has 0 radical (unpaired) electrons. The summed E-state index contributed by atoms with van der Waals surface area (Å²) in [6.45, 7) is 4.19. The van der Waals surface area contributed by atoms with Crippen molar-refractivity contribution >= 4 is 28.6 Å². The molecule has 0 aliphatic carbocycles. The lowest BCUT2D eigenvalue weighted by Gasteiger charge is -2.13. The maximum absolute atomic E-state index is 12.1. The summed E-state index contributed by atoms with van der Waals surface area (Å²) in [5.74, 6) is 2.18. The van der Waals surface area contributed by atoms with Gasteiger partial charge in [0.15, 0.2) is 0 Å². The van der Waals surface area contributed by atoms with Crippen LogP contribution in [-0.2, 0) is 0 Å². The zero-order valence-electron chi connectivity index (χ0n) is 11.3. The number of aromatic nitrogens is 2. The molecule has 5 heteroatoms. The van der Waals surface area contributed by atoms with Gasteiger partial charge in [-0.2, -0.15) is 16.9 Å². The van der Waals surface area contributed by atoms with Crippen molar-refractivity contribution < 1.29 is 4.79 Å². The Hall–Kier alpha value is -1.49. The average molecular weight is 277 g/mol. The Balaban J connectivity index is 1.95. The molecule has 102 valence electrons. The van der Waals surface area contributed by atoms with Gasteiger partial charge in [-0.15, -0.1) is 0 Å². The molecule has 19 heavy (non-hydrogen) atoms. The molecule has 0 aliphatic rings. The summed E-state index contributed by atoms with van der Waals surface area (Å²) in [6, 6.07) is 5.78. The van der Waals surface area contributed by atoms with Crippen LogP contribution in [0.2, 0.25) is 0 Å². The minimum absolute atomic E-state index is 0.0227. The lowest BCUT2D eigenvalue weighted by Crippen LogP contribution is -2.32. The molecule has 0 saturated heterocycles. The summed E-state index contributed by atoms with van der Waals surface area (Å²) in [5, 5.41) is 10.9. The van der Waals surface area contributed by atoms with E-state index in [1.54, 1.807) is 6.20 Å². The number of thioether (sulfide) groups is 1. The van der Waals surface area contributed by atoms with E-state index in [-0.39, 0.29) is 11.9 Å². The Labute approximate surface area is 117 Å². The summed E-state index contributed by atoms with van der Waals surface area (Å²) < 4.78 is 0. The van der Waals surface area contributed by atoms with Gasteiger partial charge in [-0.1, -0.05) is 13.0 Å². The van der Waals surface area contributed by atoms with Gasteiger partial charge >= 0.3 is 0 Å². The predicted octanol–water partition coefficient (Wildman–Crippen LogP) is 2.82. The van der Waals surface area contributed by atoms with Crippen molar-refractivity contribution in [2.45, 2.75) is 26.3 Å². The fourth-order valence-electron chi connectivity index (χ4n) is 1.86. The van der Waals surface area contributed by atoms with Gasteiger partial charge in [0.2, 0.25) is 0 Å². The first-order chi connectivity index (χ1) is 9.20. The number of rotatable bonds is 6. The second-order valence-corrected chi connectivity index (χ2v) is 5.93. The van der Waals surface area contributed by atoms with Crippen molar-refractivity contribution in [3.63, 3.8) is 0 Å². The van der Waals surface area contributed by atoms with Crippen molar-refractivity contribution in [2.75, 3.05) is 11.5 Å². The van der Waals surface area contributed by atoms with Crippen LogP contribution in [0.3, 0.4) is 0 Å². The van der Waals surface area contributed by atoms with Gasteiger partial charge in [0.1, 0.15) is 0 Å². The Kier molecular flexibility index (Phi) is 4.85. The molecule has 0 aliphatic heterocycles. The average Bonchev–Trinajstić information content (AvgIpc) is 2.86. The first kappa shape index (κ1) is 13.9. The SMILES string of the molecule is CCSCCC(C)NC(=O)c1ccc2cn[nH]c2c1. The molecule has 1 heterocycles. The number of nitrogens with one attached hydrogen (secondary N) is 2. The number of benzene rings is 1. The Morgan fingerprint density at radius 1 is 1.53 bits per heavy atom. The van der Waals surface area contributed by atoms with Gasteiger partial charge in [-0.3, -0.25) is 9.89 Å². The van der Waals surface area contributed by atoms with E-state index >= 15 is 0 Å². The number of aromatic amines is 1. The monoisotopic (exact) mass is 277 g/mol. The highest BCUT2D eigenvalue weighted by Gasteiger charge is 2.10. The fourth-order valence-corrected chi connectivity index (χ4v) is 2.67. The zero-order valence-corrected chi connectivity index (χ0v) is 12.1. The summed E-state index contributed by atoms with van der Waals surface area (Å²) in [6.07, 6.45) is 2.75. The van der Waals surface area contributed by atoms with E-state index < -0.39 is 0 Å². The first-order valence-electron chi connectivity index (χ1n) is 6.52. The molecule has 2 N–H and O–H groups in total. The molecule has 1 aromatic heterocycles. The van der Waals surface area contributed by atoms with Crippen LogP contribution >= 0.6 is 11.8 Å². The van der Waals surface area contributed by atoms with E-state index in [0.717, 1.165) is 28.8 Å². The number of hydrogen-bond donors (Lipinski definition) is 2. The molecular formula is C14H19N3OS. The van der Waals surface area contributed by atoms with E-state index in [9.17, 15) is 4.79 Å². The molecule has 2 aromatic rings. The molecule has 1 unspecified atom stereocenters. The van der Waals surface area contributed by atoms with Crippen LogP contribution < -0.4 is 5.32 Å². The molecule has 4 nitrogen and oxygen atoms in total. The smallest absolute Gasteiger partial charge is 0.251 e. The Bertz CT molecular complexity index is 552. The van der Waals surface area contributed by atoms with E-state index in [4.69, 9.17) is 0 Å². The number of carbonyl (C=O) groups is 1. The maximum atomic E-state index is 12.1. The predicted molar refractivity (Wildman–Crippen MR) is 80.6 cm³/mol. The highest BCUT2D eigenvalue weighted by atomic mass is 32.2. The summed E-state index contributed by atoms with van der Waals surface area (Å²) in [5.41, 5.74) is 1.56. The number of H-pyrrole nitrogens is 1. The van der Waals surface area contributed by atoms with E-state index in [2.05, 4.69) is 22.4 Å². The number of hydrogen-bond acceptors (Lipinski definition) is 3. The third-order valence-corrected chi connectivity index (χ3v) is 3.91. The number of fused-ring (bicyclic) bond motifs is 1. The van der Waals surface area contributed by atoms with Crippen LogP contribution in [0.1, 0.15) is 30.6 Å². The molecule has 1 amide bonds. The van der Waals surface area contributed by atoms with Crippen molar-refractivity contribution in [1.82, 2.24) is 15.5 Å². The first-order valence-corrected chi connectivity index (χ1v) is 7.68. The number of nitrogens with zero attached hydrogens (tertiary/aromatic N) is 1. The summed E-state index contributed by atoms with van der Waals surface area (Å²) >= 11 is 1.90. The van der Waals surface area contributed by atoms with Gasteiger partial charge in [-0.25, -0.2) is 0 Å². The van der Waals surface area contributed by atoms with Crippen molar-refractivity contribution in [1.29, 1.82) is 0 Å². The third kappa shape index (κ3) is 3.73. The summed E-state index contributed by atoms with van der Waals surface area (Å²) in [4.78, 5) is 12.1. The molecule has 0 bridgehead atoms. The molecule has 1 aromatic carbocycles. The minimum Gasteiger partial charge on any atom is -0.350 e. The van der Waals surface area contributed by atoms with Crippen LogP contribution in [-0.4, -0.2) is 33.7 Å². The van der Waals surface area contributed by atoms with Crippen molar-refractivity contribution in [3.05, 3.63) is 30.0 Å². The fraction of sp³-hybridized carbons (Fsp3) is 0.429. The van der Waals surface area contributed by atoms with Gasteiger partial charge in [0.05, 0.1) is 11.7 Å². The zero-order chi connectivity index (χ0) is 13.7. The normalized spacial score (nSPS) is 12.5. The van der Waals surface area contributed by atoms with Crippen molar-refractivity contribution in [3.8, 4) is 0 Å². The topological polar surface area (TPSA) is 57.8 Å². The Morgan fingerprint density at radius 3 is 3.16 bits per heavy atom. The molecule has 0 saturated carbocycles. The molecular weight excluding hydrogens is 258 g/mol. The van der Waals surface area contributed by atoms with Crippen LogP contribution in [0.4, 0.5) is 0 Å². The standard InChI is InChI=1S/C14H19N3OS/c1-3-19-7-6-10(2)16-14(18)11-4-5-12-9-15-17-13(12)8-11/h4-5,8-10H,3,6-7H2,1-2H3,(H,15,17)(H,16,18). The molecule has 0 spiro atoms. The van der Waals surface area contributed by atoms with Crippen LogP contribution in [0, 0.1) is 0 Å². The van der Waals surface area contributed by atoms with Crippen LogP contribution in [0.5, 0.6) is 0 Å². The van der Waals surface area contributed by atoms with E-state index in [0.29, 0.717) is 5.56 Å². The van der Waals surface area contributed by atoms with Gasteiger partial charge < -0.3 is 5.32 Å². The summed E-state index contributed by atoms with van der Waals surface area (Å²) in [7, 11) is 0. The van der Waals surface area contributed by atoms with E-state index in [1.807, 2.05) is 36.9 Å².